The lowest BCUT2D eigenvalue weighted by atomic mass is 9.99. The zero-order chi connectivity index (χ0) is 8.81. The van der Waals surface area contributed by atoms with Crippen molar-refractivity contribution in [3.8, 4) is 0 Å². The molecule has 1 nitrogen and oxygen atoms in total. The molecular formula is C8H16INS2. The van der Waals surface area contributed by atoms with Crippen molar-refractivity contribution in [1.82, 2.24) is 0 Å². The summed E-state index contributed by atoms with van der Waals surface area (Å²) in [7, 11) is 0. The molecule has 0 aromatic carbocycles. The van der Waals surface area contributed by atoms with Crippen molar-refractivity contribution < 1.29 is 0 Å². The van der Waals surface area contributed by atoms with E-state index in [9.17, 15) is 0 Å². The molecule has 0 aliphatic heterocycles. The predicted molar refractivity (Wildman–Crippen MR) is 69.7 cm³/mol. The first-order valence-electron chi connectivity index (χ1n) is 4.37. The molecule has 2 N–H and O–H groups in total. The van der Waals surface area contributed by atoms with Gasteiger partial charge in [-0.1, -0.05) is 22.6 Å². The van der Waals surface area contributed by atoms with Crippen LogP contribution < -0.4 is 5.73 Å². The smallest absolute Gasteiger partial charge is 0.0167 e. The number of nitrogens with two attached hydrogens (primary N) is 1. The van der Waals surface area contributed by atoms with E-state index in [0.717, 1.165) is 22.8 Å². The van der Waals surface area contributed by atoms with Crippen LogP contribution in [0.3, 0.4) is 0 Å². The van der Waals surface area contributed by atoms with Gasteiger partial charge in [0.2, 0.25) is 0 Å². The van der Waals surface area contributed by atoms with Crippen molar-refractivity contribution in [3.63, 3.8) is 0 Å². The molecule has 1 aliphatic rings. The average Bonchev–Trinajstić information content (AvgIpc) is 2.04. The van der Waals surface area contributed by atoms with Crippen molar-refractivity contribution in [2.75, 3.05) is 22.5 Å². The molecule has 0 saturated heterocycles. The summed E-state index contributed by atoms with van der Waals surface area (Å²) < 4.78 is 1.28. The molecule has 2 unspecified atom stereocenters. The highest BCUT2D eigenvalue weighted by Gasteiger charge is 2.30. The molecule has 1 aliphatic carbocycles. The minimum absolute atomic E-state index is 0.838. The Bertz CT molecular complexity index is 110. The van der Waals surface area contributed by atoms with Gasteiger partial charge in [-0.15, -0.1) is 0 Å². The predicted octanol–water partition coefficient (Wildman–Crippen LogP) is 2.38. The first-order valence-corrected chi connectivity index (χ1v) is 8.00. The summed E-state index contributed by atoms with van der Waals surface area (Å²) >= 11 is 6.68. The van der Waals surface area contributed by atoms with E-state index in [-0.39, 0.29) is 0 Å². The van der Waals surface area contributed by atoms with E-state index in [2.05, 4.69) is 46.1 Å². The van der Waals surface area contributed by atoms with E-state index >= 15 is 0 Å². The molecular weight excluding hydrogens is 301 g/mol. The second kappa shape index (κ2) is 6.79. The standard InChI is InChI=1S/C8H16INS2/c9-3-5-11-7-1-2-8(7)12-6-4-10/h7-8H,1-6,10H2. The van der Waals surface area contributed by atoms with Gasteiger partial charge in [-0.3, -0.25) is 0 Å². The molecule has 0 spiro atoms. The molecule has 4 heteroatoms. The fourth-order valence-corrected chi connectivity index (χ4v) is 4.61. The normalized spacial score (nSPS) is 28.5. The Kier molecular flexibility index (Phi) is 6.48. The molecule has 0 aromatic rings. The zero-order valence-electron chi connectivity index (χ0n) is 7.17. The molecule has 12 heavy (non-hydrogen) atoms. The van der Waals surface area contributed by atoms with Crippen molar-refractivity contribution in [3.05, 3.63) is 0 Å². The Balaban J connectivity index is 2.03. The fourth-order valence-electron chi connectivity index (χ4n) is 1.24. The summed E-state index contributed by atoms with van der Waals surface area (Å²) in [4.78, 5) is 0. The van der Waals surface area contributed by atoms with Gasteiger partial charge in [-0.25, -0.2) is 0 Å². The number of halogens is 1. The van der Waals surface area contributed by atoms with Crippen LogP contribution in [0.15, 0.2) is 0 Å². The van der Waals surface area contributed by atoms with Gasteiger partial charge >= 0.3 is 0 Å². The summed E-state index contributed by atoms with van der Waals surface area (Å²) in [6.07, 6.45) is 2.85. The second-order valence-electron chi connectivity index (χ2n) is 2.87. The van der Waals surface area contributed by atoms with E-state index < -0.39 is 0 Å². The van der Waals surface area contributed by atoms with Crippen LogP contribution in [0.5, 0.6) is 0 Å². The number of hydrogen-bond donors (Lipinski definition) is 1. The van der Waals surface area contributed by atoms with E-state index in [1.54, 1.807) is 0 Å². The SMILES string of the molecule is NCCSC1CCC1SCCI. The lowest BCUT2D eigenvalue weighted by molar-refractivity contribution is 0.540. The first kappa shape index (κ1) is 11.5. The van der Waals surface area contributed by atoms with Crippen molar-refractivity contribution >= 4 is 46.1 Å². The van der Waals surface area contributed by atoms with E-state index in [4.69, 9.17) is 5.73 Å². The monoisotopic (exact) mass is 317 g/mol. The van der Waals surface area contributed by atoms with Gasteiger partial charge in [0.05, 0.1) is 0 Å². The summed E-state index contributed by atoms with van der Waals surface area (Å²) in [5.41, 5.74) is 5.47. The molecule has 2 atom stereocenters. The van der Waals surface area contributed by atoms with Crippen LogP contribution in [0.25, 0.3) is 0 Å². The van der Waals surface area contributed by atoms with Gasteiger partial charge in [0.15, 0.2) is 0 Å². The topological polar surface area (TPSA) is 26.0 Å². The Labute approximate surface area is 97.1 Å². The van der Waals surface area contributed by atoms with Gasteiger partial charge in [0.1, 0.15) is 0 Å². The molecule has 1 saturated carbocycles. The highest BCUT2D eigenvalue weighted by Crippen LogP contribution is 2.39. The molecule has 72 valence electrons. The highest BCUT2D eigenvalue weighted by atomic mass is 127. The third-order valence-corrected chi connectivity index (χ3v) is 6.35. The average molecular weight is 317 g/mol. The van der Waals surface area contributed by atoms with E-state index in [1.807, 2.05) is 0 Å². The van der Waals surface area contributed by atoms with Gasteiger partial charge < -0.3 is 5.73 Å². The Morgan fingerprint density at radius 3 is 2.17 bits per heavy atom. The minimum Gasteiger partial charge on any atom is -0.330 e. The third-order valence-electron chi connectivity index (χ3n) is 2.01. The maximum atomic E-state index is 5.47. The van der Waals surface area contributed by atoms with Crippen LogP contribution in [0.2, 0.25) is 0 Å². The lowest BCUT2D eigenvalue weighted by Crippen LogP contribution is -2.32. The molecule has 1 fully saturated rings. The van der Waals surface area contributed by atoms with Gasteiger partial charge in [-0.2, -0.15) is 23.5 Å². The summed E-state index contributed by atoms with van der Waals surface area (Å²) in [5.74, 6) is 2.47. The Morgan fingerprint density at radius 2 is 1.75 bits per heavy atom. The van der Waals surface area contributed by atoms with Crippen LogP contribution in [0, 0.1) is 0 Å². The van der Waals surface area contributed by atoms with Crippen LogP contribution in [-0.2, 0) is 0 Å². The molecule has 0 aromatic heterocycles. The number of thioether (sulfide) groups is 2. The van der Waals surface area contributed by atoms with Crippen LogP contribution >= 0.6 is 46.1 Å². The number of rotatable bonds is 6. The molecule has 0 heterocycles. The van der Waals surface area contributed by atoms with Crippen molar-refractivity contribution in [2.24, 2.45) is 5.73 Å². The number of hydrogen-bond acceptors (Lipinski definition) is 3. The summed E-state index contributed by atoms with van der Waals surface area (Å²) in [6, 6.07) is 0. The first-order chi connectivity index (χ1) is 5.88. The molecule has 1 rings (SSSR count). The van der Waals surface area contributed by atoms with Gasteiger partial charge in [-0.05, 0) is 12.8 Å². The fraction of sp³-hybridized carbons (Fsp3) is 1.00. The highest BCUT2D eigenvalue weighted by molar-refractivity contribution is 14.1. The largest absolute Gasteiger partial charge is 0.330 e. The van der Waals surface area contributed by atoms with E-state index in [1.165, 1.54) is 23.0 Å². The van der Waals surface area contributed by atoms with Crippen LogP contribution in [0.1, 0.15) is 12.8 Å². The Morgan fingerprint density at radius 1 is 1.17 bits per heavy atom. The minimum atomic E-state index is 0.838. The second-order valence-corrected chi connectivity index (χ2v) is 6.65. The molecule has 0 radical (unpaired) electrons. The third kappa shape index (κ3) is 3.64. The quantitative estimate of drug-likeness (QED) is 0.602. The summed E-state index contributed by atoms with van der Waals surface area (Å²) in [6.45, 7) is 0.838. The van der Waals surface area contributed by atoms with Crippen molar-refractivity contribution in [2.45, 2.75) is 23.3 Å². The lowest BCUT2D eigenvalue weighted by Gasteiger charge is -2.35. The summed E-state index contributed by atoms with van der Waals surface area (Å²) in [5, 5.41) is 1.86. The maximum Gasteiger partial charge on any atom is 0.0167 e. The van der Waals surface area contributed by atoms with E-state index in [0.29, 0.717) is 0 Å². The zero-order valence-corrected chi connectivity index (χ0v) is 11.0. The Hall–Kier alpha value is 1.39. The molecule has 0 bridgehead atoms. The maximum absolute atomic E-state index is 5.47. The molecule has 0 amide bonds. The van der Waals surface area contributed by atoms with Crippen LogP contribution in [-0.4, -0.2) is 33.0 Å². The van der Waals surface area contributed by atoms with Crippen molar-refractivity contribution in [1.29, 1.82) is 0 Å². The van der Waals surface area contributed by atoms with Gasteiger partial charge in [0.25, 0.3) is 0 Å². The van der Waals surface area contributed by atoms with Gasteiger partial charge in [0, 0.05) is 33.0 Å². The number of alkyl halides is 1. The van der Waals surface area contributed by atoms with Crippen LogP contribution in [0.4, 0.5) is 0 Å².